The highest BCUT2D eigenvalue weighted by molar-refractivity contribution is 5.88. The van der Waals surface area contributed by atoms with Crippen molar-refractivity contribution in [2.24, 2.45) is 10.9 Å². The van der Waals surface area contributed by atoms with Crippen LogP contribution in [-0.2, 0) is 16.0 Å². The summed E-state index contributed by atoms with van der Waals surface area (Å²) in [5.41, 5.74) is 1.16. The smallest absolute Gasteiger partial charge is 0.217 e. The van der Waals surface area contributed by atoms with Crippen LogP contribution in [0.5, 0.6) is 0 Å². The Hall–Kier alpha value is -1.84. The number of nitrogens with one attached hydrogen (secondary N) is 1. The Morgan fingerprint density at radius 2 is 2.10 bits per heavy atom. The second-order valence-electron chi connectivity index (χ2n) is 6.00. The first-order chi connectivity index (χ1) is 10.0. The summed E-state index contributed by atoms with van der Waals surface area (Å²) < 4.78 is 5.74. The van der Waals surface area contributed by atoms with Crippen molar-refractivity contribution in [2.45, 2.75) is 45.7 Å². The van der Waals surface area contributed by atoms with E-state index in [1.807, 2.05) is 18.2 Å². The highest BCUT2D eigenvalue weighted by atomic mass is 16.5. The van der Waals surface area contributed by atoms with Crippen LogP contribution in [-0.4, -0.2) is 30.5 Å². The number of rotatable bonds is 6. The fourth-order valence-corrected chi connectivity index (χ4v) is 2.59. The number of ether oxygens (including phenoxy) is 1. The van der Waals surface area contributed by atoms with Gasteiger partial charge in [-0.1, -0.05) is 44.2 Å². The summed E-state index contributed by atoms with van der Waals surface area (Å²) in [6.45, 7) is 6.52. The highest BCUT2D eigenvalue weighted by Gasteiger charge is 2.27. The summed E-state index contributed by atoms with van der Waals surface area (Å²) in [7, 11) is 0. The minimum absolute atomic E-state index is 0.0606. The molecule has 0 saturated heterocycles. The van der Waals surface area contributed by atoms with E-state index >= 15 is 0 Å². The molecule has 1 heterocycles. The predicted molar refractivity (Wildman–Crippen MR) is 84.4 cm³/mol. The molecule has 2 atom stereocenters. The molecule has 1 aliphatic rings. The zero-order valence-electron chi connectivity index (χ0n) is 13.0. The van der Waals surface area contributed by atoms with Crippen LogP contribution in [0.25, 0.3) is 0 Å². The topological polar surface area (TPSA) is 50.7 Å². The number of nitrogens with zero attached hydrogens (tertiary/aromatic N) is 1. The van der Waals surface area contributed by atoms with E-state index in [2.05, 4.69) is 36.3 Å². The van der Waals surface area contributed by atoms with Gasteiger partial charge in [0.2, 0.25) is 11.8 Å². The van der Waals surface area contributed by atoms with Crippen LogP contribution in [0, 0.1) is 5.92 Å². The molecule has 1 unspecified atom stereocenters. The first kappa shape index (κ1) is 15.5. The van der Waals surface area contributed by atoms with E-state index in [1.165, 1.54) is 6.92 Å². The van der Waals surface area contributed by atoms with Gasteiger partial charge in [-0.25, -0.2) is 4.99 Å². The molecule has 4 heteroatoms. The van der Waals surface area contributed by atoms with Crippen LogP contribution in [0.3, 0.4) is 0 Å². The Labute approximate surface area is 126 Å². The van der Waals surface area contributed by atoms with Gasteiger partial charge in [0.25, 0.3) is 0 Å². The Kier molecular flexibility index (Phi) is 5.37. The number of hydrogen-bond donors (Lipinski definition) is 1. The quantitative estimate of drug-likeness (QED) is 0.874. The maximum absolute atomic E-state index is 11.4. The third kappa shape index (κ3) is 4.88. The highest BCUT2D eigenvalue weighted by Crippen LogP contribution is 2.17. The van der Waals surface area contributed by atoms with Crippen molar-refractivity contribution in [2.75, 3.05) is 6.61 Å². The molecule has 0 bridgehead atoms. The van der Waals surface area contributed by atoms with Gasteiger partial charge in [0, 0.05) is 13.3 Å². The second kappa shape index (κ2) is 7.25. The van der Waals surface area contributed by atoms with Crippen LogP contribution in [0.4, 0.5) is 0 Å². The summed E-state index contributed by atoms with van der Waals surface area (Å²) >= 11 is 0. The van der Waals surface area contributed by atoms with E-state index in [-0.39, 0.29) is 18.0 Å². The normalized spacial score (nSPS) is 19.0. The van der Waals surface area contributed by atoms with E-state index < -0.39 is 0 Å². The van der Waals surface area contributed by atoms with Gasteiger partial charge >= 0.3 is 0 Å². The van der Waals surface area contributed by atoms with E-state index in [0.29, 0.717) is 24.8 Å². The second-order valence-corrected chi connectivity index (χ2v) is 6.00. The third-order valence-electron chi connectivity index (χ3n) is 3.44. The van der Waals surface area contributed by atoms with Crippen LogP contribution in [0.2, 0.25) is 0 Å². The van der Waals surface area contributed by atoms with Crippen LogP contribution >= 0.6 is 0 Å². The van der Waals surface area contributed by atoms with E-state index in [1.54, 1.807) is 0 Å². The zero-order chi connectivity index (χ0) is 15.2. The number of hydrogen-bond acceptors (Lipinski definition) is 3. The van der Waals surface area contributed by atoms with Crippen LogP contribution in [0.1, 0.15) is 32.8 Å². The van der Waals surface area contributed by atoms with Gasteiger partial charge < -0.3 is 10.1 Å². The monoisotopic (exact) mass is 288 g/mol. The molecule has 1 aromatic rings. The Morgan fingerprint density at radius 1 is 1.38 bits per heavy atom. The molecule has 1 N–H and O–H groups in total. The summed E-state index contributed by atoms with van der Waals surface area (Å²) in [6.07, 6.45) is 1.72. The van der Waals surface area contributed by atoms with Crippen molar-refractivity contribution in [1.29, 1.82) is 0 Å². The molecule has 0 aromatic heterocycles. The number of benzene rings is 1. The van der Waals surface area contributed by atoms with Crippen molar-refractivity contribution in [3.05, 3.63) is 35.9 Å². The van der Waals surface area contributed by atoms with Crippen LogP contribution in [0.15, 0.2) is 35.3 Å². The lowest BCUT2D eigenvalue weighted by Gasteiger charge is -2.17. The van der Waals surface area contributed by atoms with Gasteiger partial charge in [-0.3, -0.25) is 4.79 Å². The van der Waals surface area contributed by atoms with Gasteiger partial charge in [-0.05, 0) is 17.9 Å². The molecule has 0 spiro atoms. The Balaban J connectivity index is 2.07. The molecule has 1 aliphatic heterocycles. The predicted octanol–water partition coefficient (Wildman–Crippen LogP) is 2.58. The first-order valence-electron chi connectivity index (χ1n) is 7.56. The van der Waals surface area contributed by atoms with Gasteiger partial charge in [0.05, 0.1) is 6.04 Å². The summed E-state index contributed by atoms with van der Waals surface area (Å²) in [5.74, 6) is 1.20. The standard InChI is InChI=1S/C17H24N2O2/c1-12(2)9-15-11-21-17(19-15)16(18-13(3)20)10-14-7-5-4-6-8-14/h4-8,12,15-16H,9-11H2,1-3H3,(H,18,20)/t15-,16?/m1/s1. The number of amides is 1. The van der Waals surface area contributed by atoms with Crippen molar-refractivity contribution in [1.82, 2.24) is 5.32 Å². The van der Waals surface area contributed by atoms with E-state index in [9.17, 15) is 4.79 Å². The van der Waals surface area contributed by atoms with Crippen molar-refractivity contribution in [3.63, 3.8) is 0 Å². The third-order valence-corrected chi connectivity index (χ3v) is 3.44. The van der Waals surface area contributed by atoms with Gasteiger partial charge in [0.15, 0.2) is 0 Å². The fourth-order valence-electron chi connectivity index (χ4n) is 2.59. The SMILES string of the molecule is CC(=O)NC(Cc1ccccc1)C1=N[C@H](CC(C)C)CO1. The lowest BCUT2D eigenvalue weighted by atomic mass is 10.0. The Bertz CT molecular complexity index is 497. The summed E-state index contributed by atoms with van der Waals surface area (Å²) in [6, 6.07) is 10.1. The number of carbonyl (C=O) groups is 1. The Morgan fingerprint density at radius 3 is 2.71 bits per heavy atom. The largest absolute Gasteiger partial charge is 0.477 e. The first-order valence-corrected chi connectivity index (χ1v) is 7.56. The van der Waals surface area contributed by atoms with Crippen molar-refractivity contribution >= 4 is 11.8 Å². The molecule has 0 aliphatic carbocycles. The molecule has 21 heavy (non-hydrogen) atoms. The van der Waals surface area contributed by atoms with Crippen LogP contribution < -0.4 is 5.32 Å². The average Bonchev–Trinajstić information content (AvgIpc) is 2.86. The lowest BCUT2D eigenvalue weighted by molar-refractivity contribution is -0.119. The number of carbonyl (C=O) groups excluding carboxylic acids is 1. The summed E-state index contributed by atoms with van der Waals surface area (Å²) in [5, 5.41) is 2.95. The van der Waals surface area contributed by atoms with Gasteiger partial charge in [-0.2, -0.15) is 0 Å². The maximum atomic E-state index is 11.4. The minimum atomic E-state index is -0.179. The zero-order valence-corrected chi connectivity index (χ0v) is 13.0. The number of aliphatic imine (C=N–C) groups is 1. The molecule has 1 amide bonds. The molecule has 0 radical (unpaired) electrons. The molecular weight excluding hydrogens is 264 g/mol. The minimum Gasteiger partial charge on any atom is -0.477 e. The molecule has 0 saturated carbocycles. The fraction of sp³-hybridized carbons (Fsp3) is 0.529. The van der Waals surface area contributed by atoms with Gasteiger partial charge in [-0.15, -0.1) is 0 Å². The maximum Gasteiger partial charge on any atom is 0.217 e. The molecular formula is C17H24N2O2. The molecule has 4 nitrogen and oxygen atoms in total. The summed E-state index contributed by atoms with van der Waals surface area (Å²) in [4.78, 5) is 16.1. The molecule has 1 aromatic carbocycles. The van der Waals surface area contributed by atoms with Crippen molar-refractivity contribution < 1.29 is 9.53 Å². The van der Waals surface area contributed by atoms with E-state index in [4.69, 9.17) is 4.74 Å². The lowest BCUT2D eigenvalue weighted by Crippen LogP contribution is -2.41. The molecule has 2 rings (SSSR count). The average molecular weight is 288 g/mol. The molecule has 0 fully saturated rings. The van der Waals surface area contributed by atoms with E-state index in [0.717, 1.165) is 12.0 Å². The van der Waals surface area contributed by atoms with Gasteiger partial charge in [0.1, 0.15) is 12.6 Å². The van der Waals surface area contributed by atoms with Crippen molar-refractivity contribution in [3.8, 4) is 0 Å². The molecule has 114 valence electrons.